The minimum Gasteiger partial charge on any atom is -0.490 e. The molecule has 2 aromatic heterocycles. The summed E-state index contributed by atoms with van der Waals surface area (Å²) in [5.41, 5.74) is 1.31. The summed E-state index contributed by atoms with van der Waals surface area (Å²) in [6.45, 7) is 3.91. The van der Waals surface area contributed by atoms with Gasteiger partial charge >= 0.3 is 5.97 Å². The molecule has 3 aromatic rings. The fourth-order valence-corrected chi connectivity index (χ4v) is 5.46. The zero-order valence-electron chi connectivity index (χ0n) is 19.5. The van der Waals surface area contributed by atoms with Gasteiger partial charge in [0.1, 0.15) is 10.8 Å². The standard InChI is InChI=1S/C24H28N4O4S2/c1-4-31-23(30)19-13-15(2)34-22(19)25-20(29)14-33-24-27-26-21(28(24)3)16-9-11-18(12-10-16)32-17-7-5-6-8-17/h9-13,17H,4-8,14H2,1-3H3,(H,25,29). The Balaban J connectivity index is 1.35. The predicted molar refractivity (Wildman–Crippen MR) is 134 cm³/mol. The number of hydrogen-bond acceptors (Lipinski definition) is 8. The molecule has 0 bridgehead atoms. The highest BCUT2D eigenvalue weighted by Gasteiger charge is 2.20. The van der Waals surface area contributed by atoms with E-state index in [9.17, 15) is 9.59 Å². The van der Waals surface area contributed by atoms with Crippen LogP contribution in [0.5, 0.6) is 5.75 Å². The van der Waals surface area contributed by atoms with Gasteiger partial charge in [0, 0.05) is 17.5 Å². The Morgan fingerprint density at radius 2 is 1.94 bits per heavy atom. The second-order valence-corrected chi connectivity index (χ2v) is 10.3. The van der Waals surface area contributed by atoms with E-state index < -0.39 is 5.97 Å². The Morgan fingerprint density at radius 1 is 1.21 bits per heavy atom. The summed E-state index contributed by atoms with van der Waals surface area (Å²) in [5.74, 6) is 1.06. The number of nitrogens with zero attached hydrogens (tertiary/aromatic N) is 3. The first kappa shape index (κ1) is 24.3. The zero-order valence-corrected chi connectivity index (χ0v) is 21.1. The Bertz CT molecular complexity index is 1150. The molecule has 0 saturated heterocycles. The minimum absolute atomic E-state index is 0.138. The Morgan fingerprint density at radius 3 is 2.65 bits per heavy atom. The number of esters is 1. The van der Waals surface area contributed by atoms with E-state index in [1.165, 1.54) is 35.9 Å². The molecule has 0 spiro atoms. The van der Waals surface area contributed by atoms with Crippen LogP contribution < -0.4 is 10.1 Å². The van der Waals surface area contributed by atoms with E-state index in [-0.39, 0.29) is 18.3 Å². The number of ether oxygens (including phenoxy) is 2. The van der Waals surface area contributed by atoms with Crippen LogP contribution in [0.25, 0.3) is 11.4 Å². The van der Waals surface area contributed by atoms with Crippen LogP contribution in [0.4, 0.5) is 5.00 Å². The van der Waals surface area contributed by atoms with E-state index in [4.69, 9.17) is 9.47 Å². The molecule has 180 valence electrons. The molecule has 0 atom stereocenters. The Hall–Kier alpha value is -2.85. The van der Waals surface area contributed by atoms with Crippen molar-refractivity contribution in [3.8, 4) is 17.1 Å². The monoisotopic (exact) mass is 500 g/mol. The molecule has 10 heteroatoms. The summed E-state index contributed by atoms with van der Waals surface area (Å²) in [6, 6.07) is 9.61. The van der Waals surface area contributed by atoms with Crippen LogP contribution in [0.1, 0.15) is 47.8 Å². The highest BCUT2D eigenvalue weighted by Crippen LogP contribution is 2.30. The molecular weight excluding hydrogens is 472 g/mol. The largest absolute Gasteiger partial charge is 0.490 e. The van der Waals surface area contributed by atoms with Gasteiger partial charge in [-0.2, -0.15) is 0 Å². The third-order valence-electron chi connectivity index (χ3n) is 5.49. The zero-order chi connectivity index (χ0) is 24.1. The van der Waals surface area contributed by atoms with Gasteiger partial charge in [-0.05, 0) is 69.9 Å². The van der Waals surface area contributed by atoms with E-state index in [0.717, 1.165) is 29.0 Å². The topological polar surface area (TPSA) is 95.3 Å². The van der Waals surface area contributed by atoms with Gasteiger partial charge in [0.05, 0.1) is 24.0 Å². The number of hydrogen-bond donors (Lipinski definition) is 1. The second kappa shape index (κ2) is 11.1. The van der Waals surface area contributed by atoms with Crippen molar-refractivity contribution < 1.29 is 19.1 Å². The number of anilines is 1. The number of aryl methyl sites for hydroxylation is 1. The van der Waals surface area contributed by atoms with E-state index in [0.29, 0.717) is 27.6 Å². The van der Waals surface area contributed by atoms with Gasteiger partial charge in [-0.25, -0.2) is 4.79 Å². The number of thiophene rings is 1. The van der Waals surface area contributed by atoms with Crippen molar-refractivity contribution in [2.24, 2.45) is 7.05 Å². The maximum atomic E-state index is 12.5. The van der Waals surface area contributed by atoms with Crippen LogP contribution in [0.3, 0.4) is 0 Å². The van der Waals surface area contributed by atoms with E-state index in [1.807, 2.05) is 42.8 Å². The molecule has 0 aliphatic heterocycles. The second-order valence-electron chi connectivity index (χ2n) is 8.07. The predicted octanol–water partition coefficient (Wildman–Crippen LogP) is 5.08. The molecule has 1 aliphatic carbocycles. The Labute approximate surface area is 207 Å². The lowest BCUT2D eigenvalue weighted by Gasteiger charge is -2.13. The van der Waals surface area contributed by atoms with Crippen LogP contribution >= 0.6 is 23.1 Å². The smallest absolute Gasteiger partial charge is 0.341 e. The third-order valence-corrected chi connectivity index (χ3v) is 7.47. The fourth-order valence-electron chi connectivity index (χ4n) is 3.83. The average molecular weight is 501 g/mol. The van der Waals surface area contributed by atoms with Crippen LogP contribution in [0.2, 0.25) is 0 Å². The average Bonchev–Trinajstić information content (AvgIpc) is 3.54. The highest BCUT2D eigenvalue weighted by atomic mass is 32.2. The minimum atomic E-state index is -0.438. The molecule has 1 aromatic carbocycles. The first-order valence-corrected chi connectivity index (χ1v) is 13.1. The molecule has 4 rings (SSSR count). The number of aromatic nitrogens is 3. The number of amides is 1. The molecule has 1 aliphatic rings. The van der Waals surface area contributed by atoms with Gasteiger partial charge in [-0.15, -0.1) is 21.5 Å². The van der Waals surface area contributed by atoms with Crippen LogP contribution in [-0.4, -0.2) is 45.1 Å². The quantitative estimate of drug-likeness (QED) is 0.323. The summed E-state index contributed by atoms with van der Waals surface area (Å²) in [5, 5.41) is 12.5. The van der Waals surface area contributed by atoms with Crippen LogP contribution in [0.15, 0.2) is 35.5 Å². The van der Waals surface area contributed by atoms with E-state index in [2.05, 4.69) is 15.5 Å². The van der Waals surface area contributed by atoms with E-state index >= 15 is 0 Å². The lowest BCUT2D eigenvalue weighted by Crippen LogP contribution is -2.16. The SMILES string of the molecule is CCOC(=O)c1cc(C)sc1NC(=O)CSc1nnc(-c2ccc(OC3CCCC3)cc2)n1C. The Kier molecular flexibility index (Phi) is 7.89. The molecule has 1 fully saturated rings. The molecule has 1 amide bonds. The van der Waals surface area contributed by atoms with Crippen molar-refractivity contribution in [3.63, 3.8) is 0 Å². The summed E-state index contributed by atoms with van der Waals surface area (Å²) in [6.07, 6.45) is 5.03. The summed E-state index contributed by atoms with van der Waals surface area (Å²) in [7, 11) is 1.87. The summed E-state index contributed by atoms with van der Waals surface area (Å²) < 4.78 is 13.0. The van der Waals surface area contributed by atoms with Crippen molar-refractivity contribution in [3.05, 3.63) is 40.8 Å². The van der Waals surface area contributed by atoms with Gasteiger partial charge in [0.15, 0.2) is 11.0 Å². The van der Waals surface area contributed by atoms with Gasteiger partial charge in [0.2, 0.25) is 5.91 Å². The fraction of sp³-hybridized carbons (Fsp3) is 0.417. The molecule has 1 saturated carbocycles. The maximum absolute atomic E-state index is 12.5. The lowest BCUT2D eigenvalue weighted by molar-refractivity contribution is -0.113. The number of thioether (sulfide) groups is 1. The normalized spacial score (nSPS) is 13.7. The van der Waals surface area contributed by atoms with Crippen LogP contribution in [0, 0.1) is 6.92 Å². The molecule has 8 nitrogen and oxygen atoms in total. The lowest BCUT2D eigenvalue weighted by atomic mass is 10.2. The summed E-state index contributed by atoms with van der Waals surface area (Å²) >= 11 is 2.64. The van der Waals surface area contributed by atoms with Crippen LogP contribution in [-0.2, 0) is 16.6 Å². The number of nitrogens with one attached hydrogen (secondary N) is 1. The molecule has 34 heavy (non-hydrogen) atoms. The van der Waals surface area contributed by atoms with Crippen molar-refractivity contribution in [2.75, 3.05) is 17.7 Å². The maximum Gasteiger partial charge on any atom is 0.341 e. The van der Waals surface area contributed by atoms with Crippen molar-refractivity contribution >= 4 is 40.0 Å². The van der Waals surface area contributed by atoms with Gasteiger partial charge < -0.3 is 19.4 Å². The number of benzene rings is 1. The first-order chi connectivity index (χ1) is 16.4. The van der Waals surface area contributed by atoms with Crippen molar-refractivity contribution in [1.82, 2.24) is 14.8 Å². The number of carbonyl (C=O) groups is 2. The first-order valence-electron chi connectivity index (χ1n) is 11.3. The third kappa shape index (κ3) is 5.79. The molecule has 0 radical (unpaired) electrons. The molecular formula is C24H28N4O4S2. The number of carbonyl (C=O) groups excluding carboxylic acids is 2. The molecule has 1 N–H and O–H groups in total. The van der Waals surface area contributed by atoms with Crippen molar-refractivity contribution in [1.29, 1.82) is 0 Å². The highest BCUT2D eigenvalue weighted by molar-refractivity contribution is 7.99. The van der Waals surface area contributed by atoms with Gasteiger partial charge in [-0.1, -0.05) is 11.8 Å². The summed E-state index contributed by atoms with van der Waals surface area (Å²) in [4.78, 5) is 25.6. The van der Waals surface area contributed by atoms with Gasteiger partial charge in [-0.3, -0.25) is 4.79 Å². The van der Waals surface area contributed by atoms with E-state index in [1.54, 1.807) is 13.0 Å². The van der Waals surface area contributed by atoms with Crippen molar-refractivity contribution in [2.45, 2.75) is 50.8 Å². The number of rotatable bonds is 9. The molecule has 2 heterocycles. The van der Waals surface area contributed by atoms with Gasteiger partial charge in [0.25, 0.3) is 0 Å². The molecule has 0 unspecified atom stereocenters.